The summed E-state index contributed by atoms with van der Waals surface area (Å²) in [7, 11) is 0. The van der Waals surface area contributed by atoms with Crippen molar-refractivity contribution in [1.29, 1.82) is 0 Å². The molecule has 3 heterocycles. The van der Waals surface area contributed by atoms with E-state index in [1.807, 2.05) is 23.1 Å². The molecule has 0 N–H and O–H groups in total. The van der Waals surface area contributed by atoms with E-state index in [-0.39, 0.29) is 18.1 Å². The number of piperazine rings is 1. The average molecular weight is 495 g/mol. The Kier molecular flexibility index (Phi) is 6.00. The quantitative estimate of drug-likeness (QED) is 0.201. The van der Waals surface area contributed by atoms with E-state index in [1.54, 1.807) is 12.1 Å². The van der Waals surface area contributed by atoms with E-state index in [1.165, 1.54) is 26.0 Å². The van der Waals surface area contributed by atoms with E-state index < -0.39 is 22.6 Å². The molecule has 3 aliphatic heterocycles. The predicted molar refractivity (Wildman–Crippen MR) is 127 cm³/mol. The van der Waals surface area contributed by atoms with Crippen LogP contribution in [0.1, 0.15) is 25.0 Å². The molecule has 2 aromatic carbocycles. The van der Waals surface area contributed by atoms with Gasteiger partial charge < -0.3 is 23.8 Å². The Balaban J connectivity index is 1.28. The maximum atomic E-state index is 12.2. The number of carbonyl (C=O) groups excluding carboxylic acids is 2. The van der Waals surface area contributed by atoms with Crippen molar-refractivity contribution in [2.45, 2.75) is 26.2 Å². The molecule has 0 spiro atoms. The van der Waals surface area contributed by atoms with Gasteiger partial charge in [0.25, 0.3) is 11.5 Å². The number of nitrogens with zero attached hydrogens (tertiary/aromatic N) is 3. The molecule has 11 heteroatoms. The maximum Gasteiger partial charge on any atom is 0.348 e. The van der Waals surface area contributed by atoms with E-state index in [9.17, 15) is 19.7 Å². The summed E-state index contributed by atoms with van der Waals surface area (Å²) >= 11 is 0. The number of ether oxygens (including phenoxy) is 4. The molecule has 0 bridgehead atoms. The third-order valence-corrected chi connectivity index (χ3v) is 6.18. The molecule has 0 aliphatic carbocycles. The van der Waals surface area contributed by atoms with Gasteiger partial charge in [-0.3, -0.25) is 15.0 Å². The van der Waals surface area contributed by atoms with Crippen LogP contribution in [0.25, 0.3) is 6.08 Å². The first-order valence-corrected chi connectivity index (χ1v) is 11.5. The van der Waals surface area contributed by atoms with Gasteiger partial charge in [0.2, 0.25) is 6.79 Å². The van der Waals surface area contributed by atoms with Gasteiger partial charge in [0.05, 0.1) is 4.92 Å². The lowest BCUT2D eigenvalue weighted by Gasteiger charge is -2.35. The first-order chi connectivity index (χ1) is 17.2. The highest BCUT2D eigenvalue weighted by atomic mass is 16.7. The zero-order valence-electron chi connectivity index (χ0n) is 19.9. The monoisotopic (exact) mass is 495 g/mol. The minimum Gasteiger partial charge on any atom is -0.454 e. The summed E-state index contributed by atoms with van der Waals surface area (Å²) in [6, 6.07) is 10.5. The fourth-order valence-electron chi connectivity index (χ4n) is 4.43. The van der Waals surface area contributed by atoms with Gasteiger partial charge in [-0.15, -0.1) is 0 Å². The van der Waals surface area contributed by atoms with Crippen LogP contribution in [0.4, 0.5) is 11.4 Å². The molecule has 2 saturated heterocycles. The van der Waals surface area contributed by atoms with Crippen molar-refractivity contribution in [2.24, 2.45) is 0 Å². The number of carbonyl (C=O) groups is 2. The van der Waals surface area contributed by atoms with Crippen LogP contribution < -0.4 is 14.4 Å². The zero-order valence-corrected chi connectivity index (χ0v) is 19.9. The van der Waals surface area contributed by atoms with E-state index in [0.29, 0.717) is 24.3 Å². The summed E-state index contributed by atoms with van der Waals surface area (Å²) in [4.78, 5) is 40.1. The molecule has 0 unspecified atom stereocenters. The average Bonchev–Trinajstić information content (AvgIpc) is 3.29. The van der Waals surface area contributed by atoms with Gasteiger partial charge >= 0.3 is 11.9 Å². The SMILES string of the molecule is CC1(C)OC(=O)C(=Cc2ccc(N3CCN(Cc4ccc5c(c4)OCO5)CC3)c([N+](=O)[O-])c2)C(=O)O1. The van der Waals surface area contributed by atoms with Crippen LogP contribution in [0, 0.1) is 10.1 Å². The number of fused-ring (bicyclic) bond motifs is 1. The molecule has 5 rings (SSSR count). The van der Waals surface area contributed by atoms with Gasteiger partial charge in [-0.2, -0.15) is 0 Å². The van der Waals surface area contributed by atoms with Gasteiger partial charge in [-0.05, 0) is 35.4 Å². The molecule has 0 saturated carbocycles. The molecule has 0 amide bonds. The summed E-state index contributed by atoms with van der Waals surface area (Å²) in [6.45, 7) is 6.55. The summed E-state index contributed by atoms with van der Waals surface area (Å²) in [5, 5.41) is 11.9. The van der Waals surface area contributed by atoms with Crippen molar-refractivity contribution in [1.82, 2.24) is 4.90 Å². The number of hydrogen-bond acceptors (Lipinski definition) is 10. The van der Waals surface area contributed by atoms with E-state index in [4.69, 9.17) is 18.9 Å². The number of cyclic esters (lactones) is 2. The topological polar surface area (TPSA) is 121 Å². The Bertz CT molecular complexity index is 1240. The Labute approximate surface area is 206 Å². The second kappa shape index (κ2) is 9.15. The van der Waals surface area contributed by atoms with Crippen molar-refractivity contribution in [2.75, 3.05) is 37.9 Å². The number of nitro benzene ring substituents is 1. The van der Waals surface area contributed by atoms with Crippen LogP contribution in [-0.2, 0) is 25.6 Å². The first kappa shape index (κ1) is 23.6. The Hall–Kier alpha value is -4.12. The second-order valence-electron chi connectivity index (χ2n) is 9.19. The minimum absolute atomic E-state index is 0.105. The largest absolute Gasteiger partial charge is 0.454 e. The van der Waals surface area contributed by atoms with Crippen LogP contribution in [0.15, 0.2) is 42.0 Å². The van der Waals surface area contributed by atoms with Crippen molar-refractivity contribution in [3.63, 3.8) is 0 Å². The Morgan fingerprint density at radius 1 is 0.972 bits per heavy atom. The van der Waals surface area contributed by atoms with E-state index >= 15 is 0 Å². The molecule has 0 aromatic heterocycles. The highest BCUT2D eigenvalue weighted by molar-refractivity contribution is 6.18. The lowest BCUT2D eigenvalue weighted by atomic mass is 10.1. The molecule has 2 fully saturated rings. The maximum absolute atomic E-state index is 12.2. The van der Waals surface area contributed by atoms with E-state index in [0.717, 1.165) is 36.7 Å². The molecule has 2 aromatic rings. The summed E-state index contributed by atoms with van der Waals surface area (Å²) in [5.41, 5.74) is 1.51. The van der Waals surface area contributed by atoms with Gasteiger partial charge in [0.1, 0.15) is 11.3 Å². The van der Waals surface area contributed by atoms with Crippen molar-refractivity contribution >= 4 is 29.4 Å². The highest BCUT2D eigenvalue weighted by Crippen LogP contribution is 2.34. The Morgan fingerprint density at radius 3 is 2.36 bits per heavy atom. The number of anilines is 1. The lowest BCUT2D eigenvalue weighted by Crippen LogP contribution is -2.46. The molecule has 11 nitrogen and oxygen atoms in total. The normalized spacial score (nSPS) is 19.1. The van der Waals surface area contributed by atoms with Crippen LogP contribution >= 0.6 is 0 Å². The van der Waals surface area contributed by atoms with Gasteiger partial charge in [-0.1, -0.05) is 12.1 Å². The van der Waals surface area contributed by atoms with Crippen molar-refractivity contribution in [3.05, 3.63) is 63.2 Å². The molecule has 0 radical (unpaired) electrons. The smallest absolute Gasteiger partial charge is 0.348 e. The number of rotatable bonds is 5. The number of hydrogen-bond donors (Lipinski definition) is 0. The van der Waals surface area contributed by atoms with E-state index in [2.05, 4.69) is 4.90 Å². The number of nitro groups is 1. The Morgan fingerprint density at radius 2 is 1.67 bits per heavy atom. The number of benzene rings is 2. The molecule has 0 atom stereocenters. The van der Waals surface area contributed by atoms with Gasteiger partial charge in [0, 0.05) is 52.6 Å². The van der Waals surface area contributed by atoms with Crippen molar-refractivity contribution < 1.29 is 33.5 Å². The third-order valence-electron chi connectivity index (χ3n) is 6.18. The molecule has 3 aliphatic rings. The first-order valence-electron chi connectivity index (χ1n) is 11.5. The minimum atomic E-state index is -1.35. The summed E-state index contributed by atoms with van der Waals surface area (Å²) in [5.74, 6) is -1.53. The highest BCUT2D eigenvalue weighted by Gasteiger charge is 2.39. The van der Waals surface area contributed by atoms with Crippen LogP contribution in [0.2, 0.25) is 0 Å². The van der Waals surface area contributed by atoms with Gasteiger partial charge in [-0.25, -0.2) is 9.59 Å². The molecule has 188 valence electrons. The molecular weight excluding hydrogens is 470 g/mol. The standard InChI is InChI=1S/C25H25N3O8/c1-25(2)35-23(29)18(24(30)36-25)11-16-3-5-19(20(12-16)28(31)32)27-9-7-26(8-10-27)14-17-4-6-21-22(13-17)34-15-33-21/h3-6,11-13H,7-10,14-15H2,1-2H3. The third kappa shape index (κ3) is 4.82. The van der Waals surface area contributed by atoms with Crippen molar-refractivity contribution in [3.8, 4) is 11.5 Å². The summed E-state index contributed by atoms with van der Waals surface area (Å²) < 4.78 is 21.0. The lowest BCUT2D eigenvalue weighted by molar-refractivity contribution is -0.384. The fourth-order valence-corrected chi connectivity index (χ4v) is 4.43. The molecular formula is C25H25N3O8. The predicted octanol–water partition coefficient (Wildman–Crippen LogP) is 2.87. The van der Waals surface area contributed by atoms with Crippen LogP contribution in [-0.4, -0.2) is 60.5 Å². The fraction of sp³-hybridized carbons (Fsp3) is 0.360. The van der Waals surface area contributed by atoms with Crippen LogP contribution in [0.5, 0.6) is 11.5 Å². The zero-order chi connectivity index (χ0) is 25.4. The number of esters is 2. The second-order valence-corrected chi connectivity index (χ2v) is 9.19. The summed E-state index contributed by atoms with van der Waals surface area (Å²) in [6.07, 6.45) is 1.25. The van der Waals surface area contributed by atoms with Crippen LogP contribution in [0.3, 0.4) is 0 Å². The van der Waals surface area contributed by atoms with Gasteiger partial charge in [0.15, 0.2) is 11.5 Å². The molecule has 36 heavy (non-hydrogen) atoms.